The molecule has 1 amide bonds. The lowest BCUT2D eigenvalue weighted by Gasteiger charge is -2.12. The Morgan fingerprint density at radius 1 is 1.18 bits per heavy atom. The summed E-state index contributed by atoms with van der Waals surface area (Å²) in [5, 5.41) is 16.9. The third-order valence-corrected chi connectivity index (χ3v) is 4.81. The van der Waals surface area contributed by atoms with E-state index in [0.29, 0.717) is 5.56 Å². The molecule has 1 unspecified atom stereocenters. The van der Waals surface area contributed by atoms with Crippen LogP contribution in [0.15, 0.2) is 53.9 Å². The molecule has 0 aliphatic carbocycles. The Labute approximate surface area is 133 Å². The van der Waals surface area contributed by atoms with E-state index in [-0.39, 0.29) is 12.5 Å². The van der Waals surface area contributed by atoms with Crippen molar-refractivity contribution in [3.05, 3.63) is 69.9 Å². The van der Waals surface area contributed by atoms with Crippen LogP contribution in [0.3, 0.4) is 0 Å². The molecular weight excluding hydrogens is 294 g/mol. The van der Waals surface area contributed by atoms with Gasteiger partial charge in [-0.25, -0.2) is 0 Å². The lowest BCUT2D eigenvalue weighted by molar-refractivity contribution is 0.0919. The second-order valence-electron chi connectivity index (χ2n) is 5.22. The second-order valence-corrected chi connectivity index (χ2v) is 6.17. The first-order valence-electron chi connectivity index (χ1n) is 7.15. The number of aliphatic hydroxyl groups excluding tert-OH is 1. The van der Waals surface area contributed by atoms with Crippen LogP contribution in [0.25, 0.3) is 10.8 Å². The van der Waals surface area contributed by atoms with Crippen molar-refractivity contribution in [3.63, 3.8) is 0 Å². The maximum Gasteiger partial charge on any atom is 0.252 e. The normalized spacial score (nSPS) is 12.3. The number of amides is 1. The molecule has 1 heterocycles. The Bertz CT molecular complexity index is 804. The van der Waals surface area contributed by atoms with Gasteiger partial charge in [-0.05, 0) is 40.8 Å². The summed E-state index contributed by atoms with van der Waals surface area (Å²) in [6.45, 7) is 2.17. The Kier molecular flexibility index (Phi) is 4.22. The third kappa shape index (κ3) is 2.89. The van der Waals surface area contributed by atoms with Crippen molar-refractivity contribution in [2.24, 2.45) is 0 Å². The number of benzene rings is 2. The fraction of sp³-hybridized carbons (Fsp3) is 0.167. The maximum absolute atomic E-state index is 12.4. The predicted molar refractivity (Wildman–Crippen MR) is 90.3 cm³/mol. The quantitative estimate of drug-likeness (QED) is 0.772. The van der Waals surface area contributed by atoms with Crippen molar-refractivity contribution in [1.29, 1.82) is 0 Å². The van der Waals surface area contributed by atoms with Crippen molar-refractivity contribution in [2.45, 2.75) is 13.0 Å². The summed E-state index contributed by atoms with van der Waals surface area (Å²) < 4.78 is 0. The Morgan fingerprint density at radius 3 is 2.73 bits per heavy atom. The van der Waals surface area contributed by atoms with E-state index in [1.165, 1.54) is 11.3 Å². The van der Waals surface area contributed by atoms with Crippen LogP contribution < -0.4 is 5.32 Å². The number of fused-ring (bicyclic) bond motifs is 1. The molecule has 0 fully saturated rings. The molecule has 0 radical (unpaired) electrons. The van der Waals surface area contributed by atoms with E-state index >= 15 is 0 Å². The van der Waals surface area contributed by atoms with Gasteiger partial charge in [-0.3, -0.25) is 4.79 Å². The summed E-state index contributed by atoms with van der Waals surface area (Å²) in [6, 6.07) is 15.4. The predicted octanol–water partition coefficient (Wildman–Crippen LogP) is 3.67. The monoisotopic (exact) mass is 311 g/mol. The van der Waals surface area contributed by atoms with E-state index in [4.69, 9.17) is 0 Å². The number of hydrogen-bond acceptors (Lipinski definition) is 3. The van der Waals surface area contributed by atoms with E-state index < -0.39 is 6.10 Å². The maximum atomic E-state index is 12.4. The van der Waals surface area contributed by atoms with E-state index in [0.717, 1.165) is 21.2 Å². The molecule has 2 N–H and O–H groups in total. The van der Waals surface area contributed by atoms with E-state index in [1.807, 2.05) is 54.8 Å². The molecule has 4 heteroatoms. The van der Waals surface area contributed by atoms with Crippen LogP contribution in [-0.4, -0.2) is 17.6 Å². The van der Waals surface area contributed by atoms with E-state index in [1.54, 1.807) is 6.07 Å². The van der Waals surface area contributed by atoms with Gasteiger partial charge in [0.25, 0.3) is 5.91 Å². The number of carbonyl (C=O) groups is 1. The molecule has 0 aliphatic rings. The molecule has 3 aromatic rings. The number of aliphatic hydroxyl groups is 1. The summed E-state index contributed by atoms with van der Waals surface area (Å²) in [5.41, 5.74) is 1.69. The molecule has 0 aliphatic heterocycles. The van der Waals surface area contributed by atoms with Crippen molar-refractivity contribution in [1.82, 2.24) is 5.32 Å². The van der Waals surface area contributed by atoms with Gasteiger partial charge in [0.2, 0.25) is 0 Å². The summed E-state index contributed by atoms with van der Waals surface area (Å²) >= 11 is 1.51. The van der Waals surface area contributed by atoms with Gasteiger partial charge in [-0.15, -0.1) is 11.3 Å². The molecule has 3 nitrogen and oxygen atoms in total. The van der Waals surface area contributed by atoms with Crippen LogP contribution >= 0.6 is 11.3 Å². The first kappa shape index (κ1) is 14.8. The topological polar surface area (TPSA) is 49.3 Å². The number of aryl methyl sites for hydroxylation is 1. The lowest BCUT2D eigenvalue weighted by atomic mass is 10.0. The Balaban J connectivity index is 1.75. The number of hydrogen-bond donors (Lipinski definition) is 2. The number of rotatable bonds is 4. The molecule has 0 spiro atoms. The van der Waals surface area contributed by atoms with Crippen molar-refractivity contribution in [3.8, 4) is 0 Å². The highest BCUT2D eigenvalue weighted by Crippen LogP contribution is 2.23. The fourth-order valence-corrected chi connectivity index (χ4v) is 3.44. The van der Waals surface area contributed by atoms with E-state index in [2.05, 4.69) is 5.32 Å². The molecule has 22 heavy (non-hydrogen) atoms. The van der Waals surface area contributed by atoms with Gasteiger partial charge in [0.15, 0.2) is 0 Å². The number of nitrogens with one attached hydrogen (secondary N) is 1. The Morgan fingerprint density at radius 2 is 1.95 bits per heavy atom. The first-order chi connectivity index (χ1) is 10.7. The number of carbonyl (C=O) groups excluding carboxylic acids is 1. The lowest BCUT2D eigenvalue weighted by Crippen LogP contribution is -2.28. The average molecular weight is 311 g/mol. The molecule has 0 bridgehead atoms. The molecule has 0 saturated carbocycles. The summed E-state index contributed by atoms with van der Waals surface area (Å²) in [6.07, 6.45) is -0.668. The van der Waals surface area contributed by atoms with Gasteiger partial charge in [-0.2, -0.15) is 0 Å². The van der Waals surface area contributed by atoms with Crippen LogP contribution in [0.2, 0.25) is 0 Å². The minimum Gasteiger partial charge on any atom is -0.386 e. The zero-order valence-electron chi connectivity index (χ0n) is 12.2. The van der Waals surface area contributed by atoms with Gasteiger partial charge in [-0.1, -0.05) is 36.4 Å². The van der Waals surface area contributed by atoms with Crippen molar-refractivity contribution >= 4 is 28.0 Å². The molecule has 112 valence electrons. The van der Waals surface area contributed by atoms with Crippen LogP contribution in [-0.2, 0) is 0 Å². The number of thiophene rings is 1. The smallest absolute Gasteiger partial charge is 0.252 e. The minimum atomic E-state index is -0.668. The largest absolute Gasteiger partial charge is 0.386 e. The van der Waals surface area contributed by atoms with Gasteiger partial charge in [0, 0.05) is 17.0 Å². The first-order valence-corrected chi connectivity index (χ1v) is 8.03. The molecule has 3 rings (SSSR count). The highest BCUT2D eigenvalue weighted by molar-refractivity contribution is 7.10. The SMILES string of the molecule is Cc1ccsc1C(O)CNC(=O)c1cccc2ccccc12. The van der Waals surface area contributed by atoms with Gasteiger partial charge < -0.3 is 10.4 Å². The second kappa shape index (κ2) is 6.30. The van der Waals surface area contributed by atoms with Crippen LogP contribution in [0, 0.1) is 6.92 Å². The average Bonchev–Trinajstić information content (AvgIpc) is 2.98. The van der Waals surface area contributed by atoms with Gasteiger partial charge >= 0.3 is 0 Å². The van der Waals surface area contributed by atoms with Crippen LogP contribution in [0.1, 0.15) is 26.9 Å². The molecule has 1 aromatic heterocycles. The standard InChI is InChI=1S/C18H17NO2S/c1-12-9-10-22-17(12)16(20)11-19-18(21)15-8-4-6-13-5-2-3-7-14(13)15/h2-10,16,20H,11H2,1H3,(H,19,21). The van der Waals surface area contributed by atoms with Crippen molar-refractivity contribution < 1.29 is 9.90 Å². The third-order valence-electron chi connectivity index (χ3n) is 3.69. The summed E-state index contributed by atoms with van der Waals surface area (Å²) in [7, 11) is 0. The molecule has 2 aromatic carbocycles. The summed E-state index contributed by atoms with van der Waals surface area (Å²) in [5.74, 6) is -0.162. The molecular formula is C18H17NO2S. The summed E-state index contributed by atoms with van der Waals surface area (Å²) in [4.78, 5) is 13.3. The Hall–Kier alpha value is -2.17. The van der Waals surface area contributed by atoms with Gasteiger partial charge in [0.1, 0.15) is 6.10 Å². The molecule has 0 saturated heterocycles. The van der Waals surface area contributed by atoms with E-state index in [9.17, 15) is 9.90 Å². The minimum absolute atomic E-state index is 0.162. The highest BCUT2D eigenvalue weighted by atomic mass is 32.1. The van der Waals surface area contributed by atoms with Crippen LogP contribution in [0.5, 0.6) is 0 Å². The fourth-order valence-electron chi connectivity index (χ4n) is 2.53. The van der Waals surface area contributed by atoms with Gasteiger partial charge in [0.05, 0.1) is 0 Å². The molecule has 1 atom stereocenters. The van der Waals surface area contributed by atoms with Crippen molar-refractivity contribution in [2.75, 3.05) is 6.54 Å². The highest BCUT2D eigenvalue weighted by Gasteiger charge is 2.15. The van der Waals surface area contributed by atoms with Crippen LogP contribution in [0.4, 0.5) is 0 Å². The zero-order chi connectivity index (χ0) is 15.5. The zero-order valence-corrected chi connectivity index (χ0v) is 13.1.